The van der Waals surface area contributed by atoms with Crippen molar-refractivity contribution in [2.45, 2.75) is 25.4 Å². The highest BCUT2D eigenvalue weighted by atomic mass is 35.5. The van der Waals surface area contributed by atoms with E-state index < -0.39 is 0 Å². The number of hydrogen-bond acceptors (Lipinski definition) is 4. The molecule has 1 aliphatic rings. The molecule has 2 aromatic carbocycles. The Labute approximate surface area is 160 Å². The highest BCUT2D eigenvalue weighted by Gasteiger charge is 2.26. The number of aromatic hydroxyl groups is 1. The van der Waals surface area contributed by atoms with Crippen molar-refractivity contribution in [1.29, 1.82) is 0 Å². The van der Waals surface area contributed by atoms with Gasteiger partial charge in [0.1, 0.15) is 5.75 Å². The van der Waals surface area contributed by atoms with E-state index in [0.29, 0.717) is 23.4 Å². The Morgan fingerprint density at radius 1 is 1.08 bits per heavy atom. The minimum absolute atomic E-state index is 0.197. The number of halogens is 1. The van der Waals surface area contributed by atoms with Gasteiger partial charge in [0, 0.05) is 56.0 Å². The van der Waals surface area contributed by atoms with Crippen LogP contribution in [0.4, 0.5) is 0 Å². The highest BCUT2D eigenvalue weighted by Crippen LogP contribution is 2.24. The van der Waals surface area contributed by atoms with Crippen molar-refractivity contribution in [3.63, 3.8) is 0 Å². The lowest BCUT2D eigenvalue weighted by molar-refractivity contribution is 0.0558. The van der Waals surface area contributed by atoms with Gasteiger partial charge < -0.3 is 10.2 Å². The van der Waals surface area contributed by atoms with Crippen LogP contribution in [0.1, 0.15) is 17.5 Å². The molecule has 26 heavy (non-hydrogen) atoms. The SMILES string of the molecule is OCCC1CN(Cc2cc(Cl)ccc2O)CCN1CCc1ccccc1. The Morgan fingerprint density at radius 3 is 2.65 bits per heavy atom. The van der Waals surface area contributed by atoms with E-state index in [1.54, 1.807) is 12.1 Å². The van der Waals surface area contributed by atoms with Crippen molar-refractivity contribution >= 4 is 11.6 Å². The summed E-state index contributed by atoms with van der Waals surface area (Å²) in [5.41, 5.74) is 2.21. The molecule has 4 nitrogen and oxygen atoms in total. The average Bonchev–Trinajstić information content (AvgIpc) is 2.65. The summed E-state index contributed by atoms with van der Waals surface area (Å²) in [5.74, 6) is 0.291. The molecule has 1 heterocycles. The molecule has 0 spiro atoms. The second-order valence-electron chi connectivity index (χ2n) is 6.95. The molecular weight excluding hydrogens is 348 g/mol. The summed E-state index contributed by atoms with van der Waals surface area (Å²) in [6.45, 7) is 4.69. The molecule has 1 atom stereocenters. The topological polar surface area (TPSA) is 46.9 Å². The van der Waals surface area contributed by atoms with Crippen LogP contribution in [0.3, 0.4) is 0 Å². The first-order valence-electron chi connectivity index (χ1n) is 9.24. The number of hydrogen-bond donors (Lipinski definition) is 2. The molecule has 0 bridgehead atoms. The summed E-state index contributed by atoms with van der Waals surface area (Å²) >= 11 is 6.06. The molecule has 0 aliphatic carbocycles. The quantitative estimate of drug-likeness (QED) is 0.781. The second-order valence-corrected chi connectivity index (χ2v) is 7.38. The van der Waals surface area contributed by atoms with E-state index in [2.05, 4.69) is 34.1 Å². The zero-order chi connectivity index (χ0) is 18.4. The molecule has 1 aliphatic heterocycles. The number of rotatable bonds is 7. The standard InChI is InChI=1S/C21H27ClN2O2/c22-19-6-7-21(26)18(14-19)15-23-11-12-24(20(16-23)9-13-25)10-8-17-4-2-1-3-5-17/h1-7,14,20,25-26H,8-13,15-16H2. The minimum atomic E-state index is 0.197. The van der Waals surface area contributed by atoms with Gasteiger partial charge in [0.25, 0.3) is 0 Å². The predicted molar refractivity (Wildman–Crippen MR) is 106 cm³/mol. The van der Waals surface area contributed by atoms with Crippen LogP contribution in [0.15, 0.2) is 48.5 Å². The maximum absolute atomic E-state index is 10.1. The zero-order valence-electron chi connectivity index (χ0n) is 15.0. The number of aliphatic hydroxyl groups excluding tert-OH is 1. The van der Waals surface area contributed by atoms with Crippen molar-refractivity contribution in [2.75, 3.05) is 32.8 Å². The van der Waals surface area contributed by atoms with Gasteiger partial charge in [0.05, 0.1) is 0 Å². The normalized spacial score (nSPS) is 18.9. The average molecular weight is 375 g/mol. The fourth-order valence-electron chi connectivity index (χ4n) is 3.66. The van der Waals surface area contributed by atoms with Crippen molar-refractivity contribution in [1.82, 2.24) is 9.80 Å². The maximum atomic E-state index is 10.1. The summed E-state index contributed by atoms with van der Waals surface area (Å²) in [6, 6.07) is 16.1. The molecule has 2 N–H and O–H groups in total. The van der Waals surface area contributed by atoms with Crippen molar-refractivity contribution in [3.05, 3.63) is 64.7 Å². The van der Waals surface area contributed by atoms with E-state index in [0.717, 1.165) is 44.6 Å². The van der Waals surface area contributed by atoms with Gasteiger partial charge in [0.2, 0.25) is 0 Å². The van der Waals surface area contributed by atoms with E-state index in [-0.39, 0.29) is 6.61 Å². The number of aliphatic hydroxyl groups is 1. The Hall–Kier alpha value is -1.59. The van der Waals surface area contributed by atoms with E-state index in [1.165, 1.54) is 5.56 Å². The molecule has 1 fully saturated rings. The van der Waals surface area contributed by atoms with Crippen LogP contribution in [0, 0.1) is 0 Å². The van der Waals surface area contributed by atoms with E-state index in [1.807, 2.05) is 12.1 Å². The van der Waals surface area contributed by atoms with Crippen LogP contribution in [0.25, 0.3) is 0 Å². The lowest BCUT2D eigenvalue weighted by Gasteiger charge is -2.41. The van der Waals surface area contributed by atoms with Crippen LogP contribution in [-0.2, 0) is 13.0 Å². The Bertz CT molecular complexity index is 696. The molecule has 0 saturated carbocycles. The Morgan fingerprint density at radius 2 is 1.88 bits per heavy atom. The van der Waals surface area contributed by atoms with Gasteiger partial charge in [-0.05, 0) is 36.6 Å². The number of piperazine rings is 1. The van der Waals surface area contributed by atoms with E-state index in [9.17, 15) is 10.2 Å². The molecule has 0 aromatic heterocycles. The number of phenols is 1. The van der Waals surface area contributed by atoms with Gasteiger partial charge in [-0.2, -0.15) is 0 Å². The van der Waals surface area contributed by atoms with Gasteiger partial charge >= 0.3 is 0 Å². The van der Waals surface area contributed by atoms with Gasteiger partial charge in [-0.3, -0.25) is 9.80 Å². The Kier molecular flexibility index (Phi) is 6.92. The third kappa shape index (κ3) is 5.21. The van der Waals surface area contributed by atoms with Crippen LogP contribution in [0.2, 0.25) is 5.02 Å². The van der Waals surface area contributed by atoms with Gasteiger partial charge in [-0.25, -0.2) is 0 Å². The number of benzene rings is 2. The second kappa shape index (κ2) is 9.38. The highest BCUT2D eigenvalue weighted by molar-refractivity contribution is 6.30. The largest absolute Gasteiger partial charge is 0.508 e. The summed E-state index contributed by atoms with van der Waals surface area (Å²) < 4.78 is 0. The van der Waals surface area contributed by atoms with Gasteiger partial charge in [0.15, 0.2) is 0 Å². The monoisotopic (exact) mass is 374 g/mol. The van der Waals surface area contributed by atoms with Crippen molar-refractivity contribution < 1.29 is 10.2 Å². The lowest BCUT2D eigenvalue weighted by Crippen LogP contribution is -2.53. The molecule has 5 heteroatoms. The van der Waals surface area contributed by atoms with Crippen LogP contribution >= 0.6 is 11.6 Å². The summed E-state index contributed by atoms with van der Waals surface area (Å²) in [7, 11) is 0. The molecule has 140 valence electrons. The zero-order valence-corrected chi connectivity index (χ0v) is 15.8. The lowest BCUT2D eigenvalue weighted by atomic mass is 10.1. The van der Waals surface area contributed by atoms with Crippen LogP contribution < -0.4 is 0 Å². The fourth-order valence-corrected chi connectivity index (χ4v) is 3.85. The summed E-state index contributed by atoms with van der Waals surface area (Å²) in [6.07, 6.45) is 1.80. The summed E-state index contributed by atoms with van der Waals surface area (Å²) in [5, 5.41) is 20.2. The first-order valence-corrected chi connectivity index (χ1v) is 9.62. The van der Waals surface area contributed by atoms with Crippen LogP contribution in [-0.4, -0.2) is 58.8 Å². The molecule has 1 unspecified atom stereocenters. The minimum Gasteiger partial charge on any atom is -0.508 e. The predicted octanol–water partition coefficient (Wildman–Crippen LogP) is 3.16. The van der Waals surface area contributed by atoms with Gasteiger partial charge in [-0.15, -0.1) is 0 Å². The smallest absolute Gasteiger partial charge is 0.120 e. The third-order valence-corrected chi connectivity index (χ3v) is 5.35. The maximum Gasteiger partial charge on any atom is 0.120 e. The summed E-state index contributed by atoms with van der Waals surface area (Å²) in [4.78, 5) is 4.82. The molecule has 0 radical (unpaired) electrons. The Balaban J connectivity index is 1.59. The first kappa shape index (κ1) is 19.2. The first-order chi connectivity index (χ1) is 12.7. The molecular formula is C21H27ClN2O2. The number of phenolic OH excluding ortho intramolecular Hbond substituents is 1. The van der Waals surface area contributed by atoms with Gasteiger partial charge in [-0.1, -0.05) is 41.9 Å². The van der Waals surface area contributed by atoms with Crippen molar-refractivity contribution in [3.8, 4) is 5.75 Å². The molecule has 3 rings (SSSR count). The van der Waals surface area contributed by atoms with Crippen molar-refractivity contribution in [2.24, 2.45) is 0 Å². The fraction of sp³-hybridized carbons (Fsp3) is 0.429. The number of nitrogens with zero attached hydrogens (tertiary/aromatic N) is 2. The molecule has 2 aromatic rings. The van der Waals surface area contributed by atoms with Crippen LogP contribution in [0.5, 0.6) is 5.75 Å². The third-order valence-electron chi connectivity index (χ3n) is 5.12. The molecule has 0 amide bonds. The molecule has 1 saturated heterocycles. The van der Waals surface area contributed by atoms with E-state index in [4.69, 9.17) is 11.6 Å². The van der Waals surface area contributed by atoms with E-state index >= 15 is 0 Å².